The highest BCUT2D eigenvalue weighted by Gasteiger charge is 2.15. The SMILES string of the molecule is Cc1ccc(NC(=O)C(C)O/N=C(/N)Cc2ccccc2)cc1F. The fourth-order valence-corrected chi connectivity index (χ4v) is 1.95. The van der Waals surface area contributed by atoms with E-state index in [9.17, 15) is 9.18 Å². The molecular formula is C18H20FN3O2. The fourth-order valence-electron chi connectivity index (χ4n) is 1.95. The molecule has 0 saturated heterocycles. The van der Waals surface area contributed by atoms with E-state index in [1.165, 1.54) is 6.07 Å². The lowest BCUT2D eigenvalue weighted by Gasteiger charge is -2.11. The molecule has 2 aromatic carbocycles. The highest BCUT2D eigenvalue weighted by atomic mass is 19.1. The summed E-state index contributed by atoms with van der Waals surface area (Å²) >= 11 is 0. The zero-order valence-electron chi connectivity index (χ0n) is 13.6. The van der Waals surface area contributed by atoms with Crippen molar-refractivity contribution >= 4 is 17.4 Å². The molecule has 0 aliphatic carbocycles. The second-order valence-corrected chi connectivity index (χ2v) is 5.45. The molecule has 0 fully saturated rings. The average molecular weight is 329 g/mol. The van der Waals surface area contributed by atoms with Gasteiger partial charge in [-0.15, -0.1) is 0 Å². The minimum atomic E-state index is -0.858. The van der Waals surface area contributed by atoms with Gasteiger partial charge in [-0.1, -0.05) is 41.6 Å². The predicted octanol–water partition coefficient (Wildman–Crippen LogP) is 2.99. The molecule has 0 heterocycles. The third-order valence-corrected chi connectivity index (χ3v) is 3.36. The van der Waals surface area contributed by atoms with E-state index in [4.69, 9.17) is 10.6 Å². The van der Waals surface area contributed by atoms with E-state index in [0.29, 0.717) is 17.7 Å². The molecule has 126 valence electrons. The number of amidine groups is 1. The van der Waals surface area contributed by atoms with Crippen molar-refractivity contribution in [3.05, 3.63) is 65.5 Å². The van der Waals surface area contributed by atoms with E-state index in [1.807, 2.05) is 30.3 Å². The van der Waals surface area contributed by atoms with Crippen molar-refractivity contribution < 1.29 is 14.0 Å². The predicted molar refractivity (Wildman–Crippen MR) is 92.1 cm³/mol. The van der Waals surface area contributed by atoms with Crippen molar-refractivity contribution in [3.8, 4) is 0 Å². The van der Waals surface area contributed by atoms with Gasteiger partial charge in [0.2, 0.25) is 6.10 Å². The van der Waals surface area contributed by atoms with Gasteiger partial charge in [-0.3, -0.25) is 4.79 Å². The molecule has 0 saturated carbocycles. The Morgan fingerprint density at radius 1 is 1.29 bits per heavy atom. The molecule has 0 spiro atoms. The van der Waals surface area contributed by atoms with Gasteiger partial charge in [-0.2, -0.15) is 0 Å². The summed E-state index contributed by atoms with van der Waals surface area (Å²) in [6.07, 6.45) is -0.429. The van der Waals surface area contributed by atoms with E-state index in [-0.39, 0.29) is 11.7 Å². The van der Waals surface area contributed by atoms with Crippen LogP contribution in [0.25, 0.3) is 0 Å². The number of benzene rings is 2. The third kappa shape index (κ3) is 5.08. The van der Waals surface area contributed by atoms with Crippen LogP contribution >= 0.6 is 0 Å². The first kappa shape index (κ1) is 17.5. The Hall–Kier alpha value is -2.89. The number of rotatable bonds is 6. The van der Waals surface area contributed by atoms with Crippen LogP contribution in [0.5, 0.6) is 0 Å². The number of hydrogen-bond donors (Lipinski definition) is 2. The van der Waals surface area contributed by atoms with Gasteiger partial charge < -0.3 is 15.9 Å². The first-order valence-corrected chi connectivity index (χ1v) is 7.55. The molecule has 3 N–H and O–H groups in total. The Labute approximate surface area is 140 Å². The van der Waals surface area contributed by atoms with Gasteiger partial charge in [0.15, 0.2) is 0 Å². The lowest BCUT2D eigenvalue weighted by Crippen LogP contribution is -2.27. The van der Waals surface area contributed by atoms with E-state index < -0.39 is 12.0 Å². The van der Waals surface area contributed by atoms with Gasteiger partial charge in [0.25, 0.3) is 5.91 Å². The van der Waals surface area contributed by atoms with Gasteiger partial charge in [-0.25, -0.2) is 4.39 Å². The van der Waals surface area contributed by atoms with Gasteiger partial charge in [-0.05, 0) is 37.1 Å². The third-order valence-electron chi connectivity index (χ3n) is 3.36. The standard InChI is InChI=1S/C18H20FN3O2/c1-12-8-9-15(11-16(12)19)21-18(23)13(2)24-22-17(20)10-14-6-4-3-5-7-14/h3-9,11,13H,10H2,1-2H3,(H2,20,22)(H,21,23). The number of carbonyl (C=O) groups excluding carboxylic acids is 1. The van der Waals surface area contributed by atoms with Crippen molar-refractivity contribution in [2.24, 2.45) is 10.9 Å². The lowest BCUT2D eigenvalue weighted by atomic mass is 10.1. The number of nitrogens with zero attached hydrogens (tertiary/aromatic N) is 1. The van der Waals surface area contributed by atoms with E-state index >= 15 is 0 Å². The van der Waals surface area contributed by atoms with Crippen LogP contribution in [0.15, 0.2) is 53.7 Å². The summed E-state index contributed by atoms with van der Waals surface area (Å²) < 4.78 is 13.5. The maximum atomic E-state index is 13.5. The van der Waals surface area contributed by atoms with Crippen molar-refractivity contribution in [3.63, 3.8) is 0 Å². The Morgan fingerprint density at radius 2 is 2.00 bits per heavy atom. The second kappa shape index (κ2) is 8.10. The van der Waals surface area contributed by atoms with Crippen LogP contribution in [0, 0.1) is 12.7 Å². The number of nitrogens with two attached hydrogens (primary N) is 1. The summed E-state index contributed by atoms with van der Waals surface area (Å²) in [5.74, 6) is -0.553. The molecule has 1 unspecified atom stereocenters. The average Bonchev–Trinajstić information content (AvgIpc) is 2.57. The molecule has 0 radical (unpaired) electrons. The Bertz CT molecular complexity index is 732. The molecule has 1 amide bonds. The fraction of sp³-hybridized carbons (Fsp3) is 0.222. The number of carbonyl (C=O) groups is 1. The largest absolute Gasteiger partial charge is 0.384 e. The van der Waals surface area contributed by atoms with Gasteiger partial charge in [0, 0.05) is 12.1 Å². The molecule has 2 rings (SSSR count). The maximum absolute atomic E-state index is 13.5. The van der Waals surface area contributed by atoms with Crippen molar-refractivity contribution in [1.29, 1.82) is 0 Å². The molecule has 1 atom stereocenters. The molecule has 6 heteroatoms. The Morgan fingerprint density at radius 3 is 2.67 bits per heavy atom. The minimum Gasteiger partial charge on any atom is -0.384 e. The van der Waals surface area contributed by atoms with Crippen LogP contribution in [0.4, 0.5) is 10.1 Å². The maximum Gasteiger partial charge on any atom is 0.267 e. The molecule has 0 aromatic heterocycles. The van der Waals surface area contributed by atoms with Crippen molar-refractivity contribution in [2.75, 3.05) is 5.32 Å². The Kier molecular flexibility index (Phi) is 5.89. The van der Waals surface area contributed by atoms with Crippen LogP contribution in [0.3, 0.4) is 0 Å². The second-order valence-electron chi connectivity index (χ2n) is 5.45. The summed E-state index contributed by atoms with van der Waals surface area (Å²) in [5.41, 5.74) is 7.65. The zero-order chi connectivity index (χ0) is 17.5. The number of hydrogen-bond acceptors (Lipinski definition) is 3. The van der Waals surface area contributed by atoms with Crippen molar-refractivity contribution in [1.82, 2.24) is 0 Å². The van der Waals surface area contributed by atoms with Gasteiger partial charge >= 0.3 is 0 Å². The minimum absolute atomic E-state index is 0.266. The molecule has 0 bridgehead atoms. The van der Waals surface area contributed by atoms with Crippen LogP contribution in [-0.4, -0.2) is 17.8 Å². The summed E-state index contributed by atoms with van der Waals surface area (Å²) in [4.78, 5) is 17.1. The van der Waals surface area contributed by atoms with Crippen LogP contribution in [0.2, 0.25) is 0 Å². The monoisotopic (exact) mass is 329 g/mol. The van der Waals surface area contributed by atoms with E-state index in [0.717, 1.165) is 5.56 Å². The summed E-state index contributed by atoms with van der Waals surface area (Å²) in [6, 6.07) is 14.0. The molecule has 2 aromatic rings. The molecule has 0 aliphatic heterocycles. The van der Waals surface area contributed by atoms with E-state index in [1.54, 1.807) is 26.0 Å². The first-order valence-electron chi connectivity index (χ1n) is 7.55. The quantitative estimate of drug-likeness (QED) is 0.486. The van der Waals surface area contributed by atoms with Crippen LogP contribution in [-0.2, 0) is 16.1 Å². The summed E-state index contributed by atoms with van der Waals surface area (Å²) in [7, 11) is 0. The van der Waals surface area contributed by atoms with E-state index in [2.05, 4.69) is 10.5 Å². The summed E-state index contributed by atoms with van der Waals surface area (Å²) in [5, 5.41) is 6.34. The van der Waals surface area contributed by atoms with Crippen molar-refractivity contribution in [2.45, 2.75) is 26.4 Å². The highest BCUT2D eigenvalue weighted by molar-refractivity contribution is 5.94. The Balaban J connectivity index is 1.88. The normalized spacial score (nSPS) is 12.5. The molecule has 24 heavy (non-hydrogen) atoms. The number of anilines is 1. The number of amides is 1. The summed E-state index contributed by atoms with van der Waals surface area (Å²) in [6.45, 7) is 3.19. The number of nitrogens with one attached hydrogen (secondary N) is 1. The highest BCUT2D eigenvalue weighted by Crippen LogP contribution is 2.14. The number of oxime groups is 1. The van der Waals surface area contributed by atoms with Crippen LogP contribution < -0.4 is 11.1 Å². The van der Waals surface area contributed by atoms with Gasteiger partial charge in [0.05, 0.1) is 0 Å². The molecule has 5 nitrogen and oxygen atoms in total. The molecule has 0 aliphatic rings. The topological polar surface area (TPSA) is 76.7 Å². The van der Waals surface area contributed by atoms with Gasteiger partial charge in [0.1, 0.15) is 11.7 Å². The molecular weight excluding hydrogens is 309 g/mol. The lowest BCUT2D eigenvalue weighted by molar-refractivity contribution is -0.126. The smallest absolute Gasteiger partial charge is 0.267 e. The first-order chi connectivity index (χ1) is 11.5. The number of aryl methyl sites for hydroxylation is 1. The number of halogens is 1. The zero-order valence-corrected chi connectivity index (χ0v) is 13.6. The van der Waals surface area contributed by atoms with Crippen LogP contribution in [0.1, 0.15) is 18.1 Å².